The molecule has 4 bridgehead atoms. The number of carbonyl (C=O) groups excluding carboxylic acids is 1. The number of rotatable bonds is 9. The van der Waals surface area contributed by atoms with Gasteiger partial charge in [-0.3, -0.25) is 4.79 Å². The highest BCUT2D eigenvalue weighted by Crippen LogP contribution is 2.53. The van der Waals surface area contributed by atoms with Gasteiger partial charge >= 0.3 is 5.97 Å². The zero-order chi connectivity index (χ0) is 23.7. The molecule has 2 N–H and O–H groups in total. The van der Waals surface area contributed by atoms with Crippen LogP contribution in [-0.4, -0.2) is 52.6 Å². The Hall–Kier alpha value is -2.35. The fraction of sp³-hybridized carbons (Fsp3) is 0.731. The van der Waals surface area contributed by atoms with Crippen LogP contribution in [0.3, 0.4) is 0 Å². The van der Waals surface area contributed by atoms with Crippen molar-refractivity contribution < 1.29 is 24.2 Å². The summed E-state index contributed by atoms with van der Waals surface area (Å²) in [6.45, 7) is 0.532. The predicted molar refractivity (Wildman–Crippen MR) is 126 cm³/mol. The Morgan fingerprint density at radius 1 is 1.15 bits per heavy atom. The van der Waals surface area contributed by atoms with Gasteiger partial charge in [-0.1, -0.05) is 19.3 Å². The summed E-state index contributed by atoms with van der Waals surface area (Å²) in [5.41, 5.74) is 0.415. The largest absolute Gasteiger partial charge is 0.479 e. The molecule has 5 fully saturated rings. The molecule has 5 aliphatic rings. The smallest absolute Gasteiger partial charge is 0.336 e. The van der Waals surface area contributed by atoms with Gasteiger partial charge in [-0.05, 0) is 80.6 Å². The van der Waals surface area contributed by atoms with Crippen LogP contribution < -0.4 is 10.1 Å². The summed E-state index contributed by atoms with van der Waals surface area (Å²) in [4.78, 5) is 24.8. The molecule has 6 rings (SSSR count). The molecule has 1 unspecified atom stereocenters. The topological polar surface area (TPSA) is 103 Å². The van der Waals surface area contributed by atoms with Crippen molar-refractivity contribution in [1.82, 2.24) is 15.1 Å². The summed E-state index contributed by atoms with van der Waals surface area (Å²) < 4.78 is 12.7. The van der Waals surface area contributed by atoms with Crippen molar-refractivity contribution in [3.8, 4) is 5.88 Å². The van der Waals surface area contributed by atoms with Gasteiger partial charge in [0.25, 0.3) is 5.91 Å². The van der Waals surface area contributed by atoms with Crippen molar-refractivity contribution in [2.75, 3.05) is 13.7 Å². The van der Waals surface area contributed by atoms with Gasteiger partial charge in [0.05, 0.1) is 12.8 Å². The summed E-state index contributed by atoms with van der Waals surface area (Å²) in [6.07, 6.45) is 15.6. The molecule has 34 heavy (non-hydrogen) atoms. The van der Waals surface area contributed by atoms with Crippen LogP contribution in [0.2, 0.25) is 0 Å². The number of amides is 1. The normalized spacial score (nSPS) is 31.6. The van der Waals surface area contributed by atoms with Crippen molar-refractivity contribution >= 4 is 18.1 Å². The van der Waals surface area contributed by atoms with Gasteiger partial charge in [-0.2, -0.15) is 5.10 Å². The lowest BCUT2D eigenvalue weighted by atomic mass is 9.54. The van der Waals surface area contributed by atoms with Crippen molar-refractivity contribution in [2.24, 2.45) is 29.6 Å². The molecular weight excluding hydrogens is 434 g/mol. The molecule has 0 aliphatic heterocycles. The Bertz CT molecular complexity index is 892. The minimum Gasteiger partial charge on any atom is -0.479 e. The van der Waals surface area contributed by atoms with E-state index in [-0.39, 0.29) is 11.9 Å². The van der Waals surface area contributed by atoms with Gasteiger partial charge in [0.15, 0.2) is 6.10 Å². The summed E-state index contributed by atoms with van der Waals surface area (Å²) >= 11 is 0. The first-order valence-electron chi connectivity index (χ1n) is 13.0. The van der Waals surface area contributed by atoms with E-state index in [1.165, 1.54) is 81.6 Å². The van der Waals surface area contributed by atoms with Crippen molar-refractivity contribution in [3.63, 3.8) is 0 Å². The number of hydrogen-bond acceptors (Lipinski definition) is 5. The molecule has 8 heteroatoms. The van der Waals surface area contributed by atoms with E-state index < -0.39 is 12.1 Å². The third-order valence-corrected chi connectivity index (χ3v) is 8.60. The number of hydrogen-bond donors (Lipinski definition) is 2. The number of carbonyl (C=O) groups is 2. The predicted octanol–water partition coefficient (Wildman–Crippen LogP) is 3.97. The Balaban J connectivity index is 1.33. The Morgan fingerprint density at radius 2 is 1.82 bits per heavy atom. The number of carboxylic acid groups (broad SMARTS) is 1. The molecule has 1 aromatic heterocycles. The Labute approximate surface area is 201 Å². The first-order valence-corrected chi connectivity index (χ1v) is 13.0. The minimum absolute atomic E-state index is 0.141. The van der Waals surface area contributed by atoms with Gasteiger partial charge in [0.2, 0.25) is 5.88 Å². The first-order chi connectivity index (χ1) is 16.5. The van der Waals surface area contributed by atoms with Crippen molar-refractivity contribution in [3.05, 3.63) is 17.8 Å². The minimum atomic E-state index is -1.10. The molecule has 1 aromatic rings. The van der Waals surface area contributed by atoms with Crippen LogP contribution in [0.25, 0.3) is 6.20 Å². The lowest BCUT2D eigenvalue weighted by molar-refractivity contribution is -0.145. The van der Waals surface area contributed by atoms with Gasteiger partial charge in [-0.15, -0.1) is 0 Å². The highest BCUT2D eigenvalue weighted by molar-refractivity contribution is 5.96. The second-order valence-corrected chi connectivity index (χ2v) is 10.9. The van der Waals surface area contributed by atoms with Gasteiger partial charge < -0.3 is 19.9 Å². The highest BCUT2D eigenvalue weighted by Gasteiger charge is 2.48. The van der Waals surface area contributed by atoms with E-state index in [0.717, 1.165) is 24.7 Å². The average molecular weight is 472 g/mol. The third kappa shape index (κ3) is 4.88. The lowest BCUT2D eigenvalue weighted by Crippen LogP contribution is -2.55. The van der Waals surface area contributed by atoms with Gasteiger partial charge in [0, 0.05) is 19.4 Å². The molecule has 0 aromatic carbocycles. The summed E-state index contributed by atoms with van der Waals surface area (Å²) in [7, 11) is 1.34. The van der Waals surface area contributed by atoms with E-state index in [1.807, 2.05) is 0 Å². The van der Waals surface area contributed by atoms with Crippen LogP contribution in [-0.2, 0) is 9.53 Å². The number of nitrogens with zero attached hydrogens (tertiary/aromatic N) is 2. The summed E-state index contributed by atoms with van der Waals surface area (Å²) in [6, 6.07) is 0.232. The molecular formula is C26H37N3O5. The molecule has 8 nitrogen and oxygen atoms in total. The summed E-state index contributed by atoms with van der Waals surface area (Å²) in [5.74, 6) is 2.48. The molecule has 5 saturated carbocycles. The third-order valence-electron chi connectivity index (χ3n) is 8.60. The van der Waals surface area contributed by atoms with Crippen LogP contribution >= 0.6 is 0 Å². The van der Waals surface area contributed by atoms with E-state index in [1.54, 1.807) is 0 Å². The lowest BCUT2D eigenvalue weighted by Gasteiger charge is -2.54. The molecule has 0 saturated heterocycles. The van der Waals surface area contributed by atoms with Crippen molar-refractivity contribution in [1.29, 1.82) is 0 Å². The zero-order valence-electron chi connectivity index (χ0n) is 20.0. The van der Waals surface area contributed by atoms with Crippen LogP contribution in [0.5, 0.6) is 5.88 Å². The Morgan fingerprint density at radius 3 is 2.44 bits per heavy atom. The van der Waals surface area contributed by atoms with Gasteiger partial charge in [-0.25, -0.2) is 9.48 Å². The van der Waals surface area contributed by atoms with E-state index in [2.05, 4.69) is 10.4 Å². The molecule has 1 atom stereocenters. The molecule has 0 spiro atoms. The quantitative estimate of drug-likeness (QED) is 0.565. The molecule has 0 radical (unpaired) electrons. The second kappa shape index (κ2) is 10.1. The molecule has 5 aliphatic carbocycles. The maximum absolute atomic E-state index is 13.4. The van der Waals surface area contributed by atoms with Crippen LogP contribution in [0.4, 0.5) is 0 Å². The maximum Gasteiger partial charge on any atom is 0.336 e. The number of aromatic nitrogens is 2. The van der Waals surface area contributed by atoms with Crippen LogP contribution in [0.1, 0.15) is 74.6 Å². The first kappa shape index (κ1) is 23.4. The van der Waals surface area contributed by atoms with Crippen molar-refractivity contribution in [2.45, 2.75) is 76.4 Å². The maximum atomic E-state index is 13.4. The van der Waals surface area contributed by atoms with E-state index in [0.29, 0.717) is 35.8 Å². The standard InChI is InChI=1S/C26H37N3O5/c1-33-22(26(31)32)7-8-29-25(34-15-16-5-3-2-4-6-16)21(14-27-29)24(30)28-23-19-10-17-9-18(12-19)13-20(23)11-17/h7-8,14,16-20,22-23H,2-6,9-13,15H2,1H3,(H,28,30)(H,31,32). The van der Waals surface area contributed by atoms with E-state index in [9.17, 15) is 14.7 Å². The monoisotopic (exact) mass is 471 g/mol. The number of aliphatic carboxylic acids is 1. The molecule has 1 amide bonds. The summed E-state index contributed by atoms with van der Waals surface area (Å²) in [5, 5.41) is 17.0. The highest BCUT2D eigenvalue weighted by atomic mass is 16.5. The number of methoxy groups -OCH3 is 1. The fourth-order valence-electron chi connectivity index (χ4n) is 7.12. The van der Waals surface area contributed by atoms with Crippen LogP contribution in [0.15, 0.2) is 12.3 Å². The van der Waals surface area contributed by atoms with E-state index >= 15 is 0 Å². The second-order valence-electron chi connectivity index (χ2n) is 10.9. The average Bonchev–Trinajstić information content (AvgIpc) is 3.23. The fourth-order valence-corrected chi connectivity index (χ4v) is 7.12. The van der Waals surface area contributed by atoms with Gasteiger partial charge in [0.1, 0.15) is 5.56 Å². The van der Waals surface area contributed by atoms with Crippen LogP contribution in [0, 0.1) is 29.6 Å². The number of ether oxygens (including phenoxy) is 2. The number of nitrogens with one attached hydrogen (secondary N) is 1. The number of carboxylic acids is 1. The molecule has 186 valence electrons. The molecule has 1 heterocycles. The SMILES string of the molecule is COC(C=Cn1ncc(C(=O)NC2C3CC4CC(C3)CC2C4)c1OCC1CCCCC1)C(=O)O. The Kier molecular flexibility index (Phi) is 6.95. The zero-order valence-corrected chi connectivity index (χ0v) is 20.0. The van der Waals surface area contributed by atoms with E-state index in [4.69, 9.17) is 9.47 Å².